The van der Waals surface area contributed by atoms with Crippen molar-refractivity contribution in [2.24, 2.45) is 0 Å². The molecule has 0 saturated carbocycles. The average Bonchev–Trinajstić information content (AvgIpc) is 2.78. The Balaban J connectivity index is 1.73. The fourth-order valence-electron chi connectivity index (χ4n) is 2.76. The van der Waals surface area contributed by atoms with E-state index in [1.54, 1.807) is 49.6 Å². The van der Waals surface area contributed by atoms with Crippen LogP contribution in [-0.4, -0.2) is 28.5 Å². The van der Waals surface area contributed by atoms with E-state index in [0.717, 1.165) is 11.3 Å². The standard InChI is InChI=1S/C22H22N2O5S/c1-28-18-12-10-16(11-13-18)15-23-22(25)17-6-5-7-19(14-17)30(26,27)24-20-8-3-4-9-21(20)29-2/h3-14,24H,15H2,1-2H3,(H,23,25). The van der Waals surface area contributed by atoms with E-state index >= 15 is 0 Å². The van der Waals surface area contributed by atoms with Crippen LogP contribution < -0.4 is 19.5 Å². The number of ether oxygens (including phenoxy) is 2. The summed E-state index contributed by atoms with van der Waals surface area (Å²) in [6.45, 7) is 0.305. The fourth-order valence-corrected chi connectivity index (χ4v) is 3.88. The van der Waals surface area contributed by atoms with Crippen molar-refractivity contribution >= 4 is 21.6 Å². The monoisotopic (exact) mass is 426 g/mol. The zero-order chi connectivity index (χ0) is 21.6. The molecular weight excluding hydrogens is 404 g/mol. The van der Waals surface area contributed by atoms with Gasteiger partial charge in [-0.3, -0.25) is 9.52 Å². The van der Waals surface area contributed by atoms with Crippen LogP contribution >= 0.6 is 0 Å². The highest BCUT2D eigenvalue weighted by molar-refractivity contribution is 7.92. The van der Waals surface area contributed by atoms with Gasteiger partial charge in [-0.05, 0) is 48.0 Å². The van der Waals surface area contributed by atoms with Gasteiger partial charge in [-0.15, -0.1) is 0 Å². The predicted molar refractivity (Wildman–Crippen MR) is 114 cm³/mol. The Kier molecular flexibility index (Phi) is 6.58. The first-order chi connectivity index (χ1) is 14.4. The van der Waals surface area contributed by atoms with Crippen molar-refractivity contribution in [3.63, 3.8) is 0 Å². The number of amides is 1. The van der Waals surface area contributed by atoms with E-state index in [-0.39, 0.29) is 16.4 Å². The number of carbonyl (C=O) groups excluding carboxylic acids is 1. The molecule has 0 aromatic heterocycles. The van der Waals surface area contributed by atoms with Gasteiger partial charge < -0.3 is 14.8 Å². The Bertz CT molecular complexity index is 1130. The average molecular weight is 426 g/mol. The van der Waals surface area contributed by atoms with Crippen molar-refractivity contribution in [3.8, 4) is 11.5 Å². The van der Waals surface area contributed by atoms with Crippen LogP contribution in [0.25, 0.3) is 0 Å². The summed E-state index contributed by atoms with van der Waals surface area (Å²) in [7, 11) is -0.858. The van der Waals surface area contributed by atoms with Gasteiger partial charge in [0.05, 0.1) is 24.8 Å². The molecule has 3 aromatic rings. The molecule has 0 spiro atoms. The van der Waals surface area contributed by atoms with Crippen LogP contribution in [0.4, 0.5) is 5.69 Å². The van der Waals surface area contributed by atoms with E-state index in [1.807, 2.05) is 12.1 Å². The molecule has 8 heteroatoms. The number of nitrogens with one attached hydrogen (secondary N) is 2. The molecule has 0 aliphatic carbocycles. The number of benzene rings is 3. The first kappa shape index (κ1) is 21.2. The molecule has 0 aliphatic heterocycles. The zero-order valence-corrected chi connectivity index (χ0v) is 17.4. The van der Waals surface area contributed by atoms with Crippen molar-refractivity contribution in [2.75, 3.05) is 18.9 Å². The summed E-state index contributed by atoms with van der Waals surface area (Å²) in [5.74, 6) is 0.750. The SMILES string of the molecule is COc1ccc(CNC(=O)c2cccc(S(=O)(=O)Nc3ccccc3OC)c2)cc1. The molecule has 7 nitrogen and oxygen atoms in total. The van der Waals surface area contributed by atoms with Gasteiger partial charge in [0.15, 0.2) is 0 Å². The number of anilines is 1. The Morgan fingerprint density at radius 1 is 0.900 bits per heavy atom. The summed E-state index contributed by atoms with van der Waals surface area (Å²) < 4.78 is 38.3. The van der Waals surface area contributed by atoms with Gasteiger partial charge in [-0.1, -0.05) is 30.3 Å². The molecule has 156 valence electrons. The third-order valence-electron chi connectivity index (χ3n) is 4.37. The maximum absolute atomic E-state index is 12.8. The van der Waals surface area contributed by atoms with E-state index in [2.05, 4.69) is 10.0 Å². The summed E-state index contributed by atoms with van der Waals surface area (Å²) in [5, 5.41) is 2.78. The van der Waals surface area contributed by atoms with Crippen LogP contribution in [0.15, 0.2) is 77.7 Å². The maximum Gasteiger partial charge on any atom is 0.262 e. The van der Waals surface area contributed by atoms with E-state index in [4.69, 9.17) is 9.47 Å². The molecule has 0 unspecified atom stereocenters. The Labute approximate surface area is 175 Å². The van der Waals surface area contributed by atoms with E-state index in [0.29, 0.717) is 18.0 Å². The van der Waals surface area contributed by atoms with Crippen LogP contribution in [0.1, 0.15) is 15.9 Å². The Morgan fingerprint density at radius 2 is 1.63 bits per heavy atom. The highest BCUT2D eigenvalue weighted by Gasteiger charge is 2.18. The van der Waals surface area contributed by atoms with Gasteiger partial charge >= 0.3 is 0 Å². The molecule has 0 saturated heterocycles. The Morgan fingerprint density at radius 3 is 2.33 bits per heavy atom. The van der Waals surface area contributed by atoms with Gasteiger partial charge in [-0.2, -0.15) is 0 Å². The van der Waals surface area contributed by atoms with Gasteiger partial charge in [0.25, 0.3) is 15.9 Å². The largest absolute Gasteiger partial charge is 0.497 e. The molecule has 2 N–H and O–H groups in total. The highest BCUT2D eigenvalue weighted by Crippen LogP contribution is 2.26. The number of sulfonamides is 1. The topological polar surface area (TPSA) is 93.7 Å². The smallest absolute Gasteiger partial charge is 0.262 e. The predicted octanol–water partition coefficient (Wildman–Crippen LogP) is 3.43. The second-order valence-electron chi connectivity index (χ2n) is 6.36. The lowest BCUT2D eigenvalue weighted by Gasteiger charge is -2.12. The van der Waals surface area contributed by atoms with Crippen molar-refractivity contribution in [1.82, 2.24) is 5.32 Å². The summed E-state index contributed by atoms with van der Waals surface area (Å²) in [6, 6.07) is 19.8. The second-order valence-corrected chi connectivity index (χ2v) is 8.05. The third-order valence-corrected chi connectivity index (χ3v) is 5.73. The summed E-state index contributed by atoms with van der Waals surface area (Å²) >= 11 is 0. The zero-order valence-electron chi connectivity index (χ0n) is 16.6. The van der Waals surface area contributed by atoms with Crippen LogP contribution in [0.3, 0.4) is 0 Å². The van der Waals surface area contributed by atoms with E-state index < -0.39 is 10.0 Å². The lowest BCUT2D eigenvalue weighted by atomic mass is 10.2. The minimum Gasteiger partial charge on any atom is -0.497 e. The van der Waals surface area contributed by atoms with Gasteiger partial charge in [0.2, 0.25) is 0 Å². The number of para-hydroxylation sites is 2. The van der Waals surface area contributed by atoms with Crippen molar-refractivity contribution in [1.29, 1.82) is 0 Å². The number of rotatable bonds is 8. The highest BCUT2D eigenvalue weighted by atomic mass is 32.2. The second kappa shape index (κ2) is 9.32. The molecule has 0 atom stereocenters. The maximum atomic E-state index is 12.8. The molecule has 30 heavy (non-hydrogen) atoms. The quantitative estimate of drug-likeness (QED) is 0.576. The molecule has 0 bridgehead atoms. The summed E-state index contributed by atoms with van der Waals surface area (Å²) in [5.41, 5.74) is 1.45. The van der Waals surface area contributed by atoms with Crippen molar-refractivity contribution in [3.05, 3.63) is 83.9 Å². The van der Waals surface area contributed by atoms with Crippen molar-refractivity contribution in [2.45, 2.75) is 11.4 Å². The van der Waals surface area contributed by atoms with Gasteiger partial charge in [-0.25, -0.2) is 8.42 Å². The number of methoxy groups -OCH3 is 2. The van der Waals surface area contributed by atoms with Crippen LogP contribution in [0, 0.1) is 0 Å². The number of carbonyl (C=O) groups is 1. The molecule has 0 aliphatic rings. The third kappa shape index (κ3) is 5.09. The lowest BCUT2D eigenvalue weighted by Crippen LogP contribution is -2.23. The number of hydrogen-bond donors (Lipinski definition) is 2. The van der Waals surface area contributed by atoms with Crippen molar-refractivity contribution < 1.29 is 22.7 Å². The van der Waals surface area contributed by atoms with Gasteiger partial charge in [0.1, 0.15) is 11.5 Å². The minimum atomic E-state index is -3.90. The normalized spacial score (nSPS) is 10.9. The van der Waals surface area contributed by atoms with Crippen LogP contribution in [-0.2, 0) is 16.6 Å². The molecule has 0 heterocycles. The number of hydrogen-bond acceptors (Lipinski definition) is 5. The molecule has 1 amide bonds. The van der Waals surface area contributed by atoms with Gasteiger partial charge in [0, 0.05) is 12.1 Å². The van der Waals surface area contributed by atoms with Crippen LogP contribution in [0.5, 0.6) is 11.5 Å². The van der Waals surface area contributed by atoms with E-state index in [9.17, 15) is 13.2 Å². The fraction of sp³-hybridized carbons (Fsp3) is 0.136. The summed E-state index contributed by atoms with van der Waals surface area (Å²) in [6.07, 6.45) is 0. The Hall–Kier alpha value is -3.52. The van der Waals surface area contributed by atoms with Crippen LogP contribution in [0.2, 0.25) is 0 Å². The van der Waals surface area contributed by atoms with E-state index in [1.165, 1.54) is 25.3 Å². The molecule has 0 fully saturated rings. The first-order valence-electron chi connectivity index (χ1n) is 9.10. The molecule has 3 rings (SSSR count). The molecular formula is C22H22N2O5S. The first-order valence-corrected chi connectivity index (χ1v) is 10.6. The molecule has 0 radical (unpaired) electrons. The summed E-state index contributed by atoms with van der Waals surface area (Å²) in [4.78, 5) is 12.5. The lowest BCUT2D eigenvalue weighted by molar-refractivity contribution is 0.0950. The minimum absolute atomic E-state index is 0.0227. The molecule has 3 aromatic carbocycles.